The smallest absolute Gasteiger partial charge is 0.266 e. The number of benzene rings is 1. The van der Waals surface area contributed by atoms with Crippen LogP contribution in [0.15, 0.2) is 24.3 Å². The van der Waals surface area contributed by atoms with Gasteiger partial charge in [-0.2, -0.15) is 0 Å². The van der Waals surface area contributed by atoms with Crippen molar-refractivity contribution in [3.05, 3.63) is 29.3 Å². The first-order valence-electron chi connectivity index (χ1n) is 8.64. The zero-order chi connectivity index (χ0) is 17.2. The SMILES string of the molecule is CC(C)(Oc1cccc(Cl)c1)C(=O)N1CCC(N2CCNCC2)C1.Cl. The Kier molecular flexibility index (Phi) is 6.97. The number of hydrogen-bond acceptors (Lipinski definition) is 4. The summed E-state index contributed by atoms with van der Waals surface area (Å²) in [6, 6.07) is 7.66. The van der Waals surface area contributed by atoms with Crippen molar-refractivity contribution >= 4 is 29.9 Å². The van der Waals surface area contributed by atoms with Gasteiger partial charge < -0.3 is 15.0 Å². The van der Waals surface area contributed by atoms with E-state index in [0.717, 1.165) is 45.7 Å². The number of carbonyl (C=O) groups excluding carboxylic acids is 1. The minimum absolute atomic E-state index is 0. The first-order valence-corrected chi connectivity index (χ1v) is 9.02. The Labute approximate surface area is 161 Å². The topological polar surface area (TPSA) is 44.8 Å². The largest absolute Gasteiger partial charge is 0.478 e. The molecule has 1 N–H and O–H groups in total. The van der Waals surface area contributed by atoms with E-state index in [0.29, 0.717) is 16.8 Å². The number of carbonyl (C=O) groups is 1. The normalized spacial score (nSPS) is 21.7. The van der Waals surface area contributed by atoms with Crippen LogP contribution in [0.3, 0.4) is 0 Å². The maximum absolute atomic E-state index is 12.9. The average molecular weight is 388 g/mol. The Hall–Kier alpha value is -1.01. The minimum atomic E-state index is -0.900. The van der Waals surface area contributed by atoms with Crippen LogP contribution >= 0.6 is 24.0 Å². The maximum atomic E-state index is 12.9. The highest BCUT2D eigenvalue weighted by molar-refractivity contribution is 6.30. The van der Waals surface area contributed by atoms with Crippen LogP contribution in [0.1, 0.15) is 20.3 Å². The van der Waals surface area contributed by atoms with E-state index in [4.69, 9.17) is 16.3 Å². The Morgan fingerprint density at radius 1 is 1.28 bits per heavy atom. The summed E-state index contributed by atoms with van der Waals surface area (Å²) in [6.45, 7) is 9.45. The standard InChI is InChI=1S/C18H26ClN3O2.ClH/c1-18(2,24-16-5-3-4-14(19)12-16)17(23)22-9-6-15(13-22)21-10-7-20-8-11-21;/h3-5,12,15,20H,6-11,13H2,1-2H3;1H. The number of nitrogens with one attached hydrogen (secondary N) is 1. The molecule has 0 bridgehead atoms. The van der Waals surface area contributed by atoms with E-state index in [1.165, 1.54) is 0 Å². The predicted molar refractivity (Wildman–Crippen MR) is 103 cm³/mol. The second-order valence-corrected chi connectivity index (χ2v) is 7.49. The second-order valence-electron chi connectivity index (χ2n) is 7.05. The van der Waals surface area contributed by atoms with Gasteiger partial charge in [0.25, 0.3) is 5.91 Å². The van der Waals surface area contributed by atoms with Crippen LogP contribution in [0, 0.1) is 0 Å². The van der Waals surface area contributed by atoms with Gasteiger partial charge in [0, 0.05) is 50.3 Å². The minimum Gasteiger partial charge on any atom is -0.478 e. The van der Waals surface area contributed by atoms with Crippen molar-refractivity contribution in [1.29, 1.82) is 0 Å². The Balaban J connectivity index is 0.00000225. The molecule has 0 radical (unpaired) electrons. The lowest BCUT2D eigenvalue weighted by molar-refractivity contribution is -0.144. The van der Waals surface area contributed by atoms with E-state index in [1.807, 2.05) is 30.9 Å². The molecule has 1 aromatic rings. The molecule has 1 atom stereocenters. The number of amides is 1. The molecule has 5 nitrogen and oxygen atoms in total. The number of piperazine rings is 1. The first-order chi connectivity index (χ1) is 11.5. The van der Waals surface area contributed by atoms with Gasteiger partial charge in [-0.15, -0.1) is 12.4 Å². The maximum Gasteiger partial charge on any atom is 0.266 e. The van der Waals surface area contributed by atoms with Gasteiger partial charge in [-0.3, -0.25) is 9.69 Å². The fourth-order valence-electron chi connectivity index (χ4n) is 3.52. The highest BCUT2D eigenvalue weighted by atomic mass is 35.5. The lowest BCUT2D eigenvalue weighted by Crippen LogP contribution is -2.51. The van der Waals surface area contributed by atoms with E-state index in [1.54, 1.807) is 12.1 Å². The first kappa shape index (κ1) is 20.3. The van der Waals surface area contributed by atoms with Gasteiger partial charge in [0.05, 0.1) is 0 Å². The number of hydrogen-bond donors (Lipinski definition) is 1. The van der Waals surface area contributed by atoms with Gasteiger partial charge in [-0.1, -0.05) is 17.7 Å². The van der Waals surface area contributed by atoms with E-state index >= 15 is 0 Å². The zero-order valence-electron chi connectivity index (χ0n) is 14.8. The van der Waals surface area contributed by atoms with E-state index in [2.05, 4.69) is 10.2 Å². The molecule has 2 aliphatic rings. The van der Waals surface area contributed by atoms with Crippen LogP contribution < -0.4 is 10.1 Å². The van der Waals surface area contributed by atoms with Crippen LogP contribution in [0.2, 0.25) is 5.02 Å². The predicted octanol–water partition coefficient (Wildman–Crippen LogP) is 2.43. The molecule has 1 unspecified atom stereocenters. The Bertz CT molecular complexity index is 591. The van der Waals surface area contributed by atoms with Crippen LogP contribution in [-0.4, -0.2) is 66.6 Å². The summed E-state index contributed by atoms with van der Waals surface area (Å²) < 4.78 is 5.94. The van der Waals surface area contributed by atoms with Crippen molar-refractivity contribution in [1.82, 2.24) is 15.1 Å². The van der Waals surface area contributed by atoms with Crippen LogP contribution in [0.25, 0.3) is 0 Å². The average Bonchev–Trinajstić information content (AvgIpc) is 3.04. The highest BCUT2D eigenvalue weighted by Crippen LogP contribution is 2.25. The molecule has 1 aromatic carbocycles. The number of rotatable bonds is 4. The second kappa shape index (κ2) is 8.58. The van der Waals surface area contributed by atoms with E-state index in [9.17, 15) is 4.79 Å². The van der Waals surface area contributed by atoms with Crippen molar-refractivity contribution in [2.24, 2.45) is 0 Å². The van der Waals surface area contributed by atoms with E-state index in [-0.39, 0.29) is 18.3 Å². The molecule has 1 amide bonds. The summed E-state index contributed by atoms with van der Waals surface area (Å²) in [7, 11) is 0. The molecule has 140 valence electrons. The molecule has 2 aliphatic heterocycles. The summed E-state index contributed by atoms with van der Waals surface area (Å²) in [4.78, 5) is 17.4. The van der Waals surface area contributed by atoms with Crippen molar-refractivity contribution in [3.63, 3.8) is 0 Å². The summed E-state index contributed by atoms with van der Waals surface area (Å²) in [5.74, 6) is 0.666. The van der Waals surface area contributed by atoms with Crippen molar-refractivity contribution in [2.75, 3.05) is 39.3 Å². The molecule has 2 saturated heterocycles. The molecule has 3 rings (SSSR count). The molecular formula is C18H27Cl2N3O2. The summed E-state index contributed by atoms with van der Waals surface area (Å²) in [5.41, 5.74) is -0.900. The molecule has 0 saturated carbocycles. The van der Waals surface area contributed by atoms with E-state index < -0.39 is 5.60 Å². The monoisotopic (exact) mass is 387 g/mol. The third-order valence-electron chi connectivity index (χ3n) is 4.80. The van der Waals surface area contributed by atoms with Crippen molar-refractivity contribution in [2.45, 2.75) is 31.9 Å². The lowest BCUT2D eigenvalue weighted by atomic mass is 10.1. The highest BCUT2D eigenvalue weighted by Gasteiger charge is 2.39. The number of nitrogens with zero attached hydrogens (tertiary/aromatic N) is 2. The summed E-state index contributed by atoms with van der Waals surface area (Å²) in [6.07, 6.45) is 1.04. The Morgan fingerprint density at radius 3 is 2.68 bits per heavy atom. The van der Waals surface area contributed by atoms with Gasteiger partial charge in [-0.25, -0.2) is 0 Å². The number of likely N-dealkylation sites (tertiary alicyclic amines) is 1. The molecule has 0 aliphatic carbocycles. The fourth-order valence-corrected chi connectivity index (χ4v) is 3.70. The van der Waals surface area contributed by atoms with Gasteiger partial charge >= 0.3 is 0 Å². The molecule has 2 fully saturated rings. The van der Waals surface area contributed by atoms with Gasteiger partial charge in [0.15, 0.2) is 5.60 Å². The summed E-state index contributed by atoms with van der Waals surface area (Å²) in [5, 5.41) is 3.98. The molecular weight excluding hydrogens is 361 g/mol. The molecule has 7 heteroatoms. The number of halogens is 2. The quantitative estimate of drug-likeness (QED) is 0.861. The fraction of sp³-hybridized carbons (Fsp3) is 0.611. The number of ether oxygens (including phenoxy) is 1. The third-order valence-corrected chi connectivity index (χ3v) is 5.04. The van der Waals surface area contributed by atoms with Crippen LogP contribution in [0.5, 0.6) is 5.75 Å². The summed E-state index contributed by atoms with van der Waals surface area (Å²) >= 11 is 6.00. The van der Waals surface area contributed by atoms with Crippen molar-refractivity contribution < 1.29 is 9.53 Å². The molecule has 0 aromatic heterocycles. The van der Waals surface area contributed by atoms with Crippen molar-refractivity contribution in [3.8, 4) is 5.75 Å². The third kappa shape index (κ3) is 5.00. The van der Waals surface area contributed by atoms with Crippen LogP contribution in [0.4, 0.5) is 0 Å². The zero-order valence-corrected chi connectivity index (χ0v) is 16.4. The molecule has 2 heterocycles. The van der Waals surface area contributed by atoms with Gasteiger partial charge in [0.1, 0.15) is 5.75 Å². The molecule has 0 spiro atoms. The van der Waals surface area contributed by atoms with Gasteiger partial charge in [0.2, 0.25) is 0 Å². The van der Waals surface area contributed by atoms with Crippen LogP contribution in [-0.2, 0) is 4.79 Å². The van der Waals surface area contributed by atoms with Gasteiger partial charge in [-0.05, 0) is 38.5 Å². The lowest BCUT2D eigenvalue weighted by Gasteiger charge is -2.34. The molecule has 25 heavy (non-hydrogen) atoms. The Morgan fingerprint density at radius 2 is 2.00 bits per heavy atom.